The molecule has 0 aliphatic carbocycles. The van der Waals surface area contributed by atoms with Gasteiger partial charge in [0, 0.05) is 25.7 Å². The maximum Gasteiger partial charge on any atom is 0.335 e. The fourth-order valence-corrected chi connectivity index (χ4v) is 1.46. The molecule has 0 radical (unpaired) electrons. The van der Waals surface area contributed by atoms with Gasteiger partial charge in [0.15, 0.2) is 0 Å². The van der Waals surface area contributed by atoms with Crippen molar-refractivity contribution < 1.29 is 14.7 Å². The van der Waals surface area contributed by atoms with E-state index in [9.17, 15) is 9.59 Å². The molecule has 1 N–H and O–H groups in total. The number of rotatable bonds is 5. The maximum absolute atomic E-state index is 11.8. The molecule has 1 aromatic carbocycles. The Bertz CT molecular complexity index is 426. The van der Waals surface area contributed by atoms with Gasteiger partial charge in [-0.05, 0) is 38.4 Å². The Morgan fingerprint density at radius 3 is 2.11 bits per heavy atom. The summed E-state index contributed by atoms with van der Waals surface area (Å²) in [6.07, 6.45) is 0.435. The molecule has 0 aromatic heterocycles. The van der Waals surface area contributed by atoms with Crippen LogP contribution in [0.25, 0.3) is 0 Å². The number of hydrogen-bond donors (Lipinski definition) is 1. The highest BCUT2D eigenvalue weighted by Crippen LogP contribution is 2.14. The third kappa shape index (κ3) is 3.85. The molecule has 0 heterocycles. The number of anilines is 1. The lowest BCUT2D eigenvalue weighted by molar-refractivity contribution is -0.118. The number of hydrogen-bond acceptors (Lipinski definition) is 3. The van der Waals surface area contributed by atoms with Crippen molar-refractivity contribution in [1.82, 2.24) is 4.90 Å². The highest BCUT2D eigenvalue weighted by molar-refractivity contribution is 5.94. The third-order valence-corrected chi connectivity index (χ3v) is 2.65. The third-order valence-electron chi connectivity index (χ3n) is 2.65. The van der Waals surface area contributed by atoms with Gasteiger partial charge in [-0.25, -0.2) is 4.79 Å². The van der Waals surface area contributed by atoms with Gasteiger partial charge in [-0.2, -0.15) is 0 Å². The Morgan fingerprint density at radius 2 is 1.67 bits per heavy atom. The van der Waals surface area contributed by atoms with Crippen molar-refractivity contribution in [3.63, 3.8) is 0 Å². The number of carbonyl (C=O) groups is 2. The molecule has 0 saturated heterocycles. The summed E-state index contributed by atoms with van der Waals surface area (Å²) < 4.78 is 0. The summed E-state index contributed by atoms with van der Waals surface area (Å²) in [5.74, 6) is -0.963. The zero-order valence-corrected chi connectivity index (χ0v) is 10.9. The van der Waals surface area contributed by atoms with Crippen molar-refractivity contribution in [3.05, 3.63) is 29.8 Å². The molecule has 1 aromatic rings. The van der Waals surface area contributed by atoms with E-state index < -0.39 is 5.97 Å². The van der Waals surface area contributed by atoms with E-state index in [4.69, 9.17) is 5.11 Å². The van der Waals surface area contributed by atoms with Crippen LogP contribution in [0.5, 0.6) is 0 Å². The topological polar surface area (TPSA) is 60.9 Å². The Kier molecular flexibility index (Phi) is 4.85. The Morgan fingerprint density at radius 1 is 1.11 bits per heavy atom. The molecular formula is C13H18N2O3. The minimum Gasteiger partial charge on any atom is -0.478 e. The molecule has 1 rings (SSSR count). The number of carboxylic acids is 1. The average molecular weight is 250 g/mol. The van der Waals surface area contributed by atoms with Crippen LogP contribution in [0.1, 0.15) is 16.8 Å². The number of carbonyl (C=O) groups excluding carboxylic acids is 1. The van der Waals surface area contributed by atoms with E-state index in [1.807, 2.05) is 19.0 Å². The second kappa shape index (κ2) is 6.16. The van der Waals surface area contributed by atoms with E-state index in [2.05, 4.69) is 0 Å². The van der Waals surface area contributed by atoms with Crippen molar-refractivity contribution in [2.45, 2.75) is 6.42 Å². The van der Waals surface area contributed by atoms with Crippen molar-refractivity contribution in [1.29, 1.82) is 0 Å². The van der Waals surface area contributed by atoms with E-state index >= 15 is 0 Å². The first kappa shape index (κ1) is 14.2. The van der Waals surface area contributed by atoms with Gasteiger partial charge in [0.05, 0.1) is 5.56 Å². The van der Waals surface area contributed by atoms with Gasteiger partial charge >= 0.3 is 5.97 Å². The van der Waals surface area contributed by atoms with Gasteiger partial charge in [0.25, 0.3) is 0 Å². The Hall–Kier alpha value is -1.88. The zero-order valence-electron chi connectivity index (χ0n) is 10.9. The highest BCUT2D eigenvalue weighted by atomic mass is 16.4. The molecule has 1 amide bonds. The number of amides is 1. The smallest absolute Gasteiger partial charge is 0.335 e. The van der Waals surface area contributed by atoms with Crippen LogP contribution in [0.2, 0.25) is 0 Å². The number of benzene rings is 1. The van der Waals surface area contributed by atoms with Crippen LogP contribution in [0.4, 0.5) is 5.69 Å². The van der Waals surface area contributed by atoms with Crippen LogP contribution in [0, 0.1) is 0 Å². The summed E-state index contributed by atoms with van der Waals surface area (Å²) in [5, 5.41) is 8.78. The summed E-state index contributed by atoms with van der Waals surface area (Å²) in [6, 6.07) is 6.26. The molecule has 5 nitrogen and oxygen atoms in total. The van der Waals surface area contributed by atoms with Crippen LogP contribution < -0.4 is 4.90 Å². The molecule has 0 aliphatic rings. The molecule has 5 heteroatoms. The molecule has 0 fully saturated rings. The first-order valence-electron chi connectivity index (χ1n) is 5.66. The molecule has 18 heavy (non-hydrogen) atoms. The lowest BCUT2D eigenvalue weighted by atomic mass is 10.2. The van der Waals surface area contributed by atoms with Crippen molar-refractivity contribution in [2.24, 2.45) is 0 Å². The fraction of sp³-hybridized carbons (Fsp3) is 0.385. The molecule has 0 bridgehead atoms. The predicted molar refractivity (Wildman–Crippen MR) is 70.0 cm³/mol. The van der Waals surface area contributed by atoms with E-state index in [1.54, 1.807) is 19.2 Å². The van der Waals surface area contributed by atoms with Crippen LogP contribution in [0.3, 0.4) is 0 Å². The molecule has 98 valence electrons. The summed E-state index contributed by atoms with van der Waals surface area (Å²) in [4.78, 5) is 26.0. The van der Waals surface area contributed by atoms with Crippen LogP contribution in [-0.2, 0) is 4.79 Å². The minimum absolute atomic E-state index is 0.00627. The molecule has 0 spiro atoms. The van der Waals surface area contributed by atoms with Gasteiger partial charge in [0.1, 0.15) is 0 Å². The molecule has 0 atom stereocenters. The SMILES string of the molecule is CN(C)CCC(=O)N(C)c1ccc(C(=O)O)cc1. The maximum atomic E-state index is 11.8. The average Bonchev–Trinajstić information content (AvgIpc) is 2.35. The standard InChI is InChI=1S/C13H18N2O3/c1-14(2)9-8-12(16)15(3)11-6-4-10(5-7-11)13(17)18/h4-7H,8-9H2,1-3H3,(H,17,18). The molecular weight excluding hydrogens is 232 g/mol. The van der Waals surface area contributed by atoms with E-state index in [0.29, 0.717) is 18.7 Å². The number of nitrogens with zero attached hydrogens (tertiary/aromatic N) is 2. The number of aromatic carboxylic acids is 1. The predicted octanol–water partition coefficient (Wildman–Crippen LogP) is 1.30. The number of carboxylic acid groups (broad SMARTS) is 1. The van der Waals surface area contributed by atoms with Crippen molar-refractivity contribution in [2.75, 3.05) is 32.6 Å². The molecule has 0 aliphatic heterocycles. The molecule has 0 saturated carbocycles. The van der Waals surface area contributed by atoms with E-state index in [1.165, 1.54) is 17.0 Å². The Balaban J connectivity index is 2.68. The second-order valence-corrected chi connectivity index (χ2v) is 4.36. The zero-order chi connectivity index (χ0) is 13.7. The minimum atomic E-state index is -0.969. The monoisotopic (exact) mass is 250 g/mol. The summed E-state index contributed by atoms with van der Waals surface area (Å²) in [6.45, 7) is 0.691. The van der Waals surface area contributed by atoms with Gasteiger partial charge in [0.2, 0.25) is 5.91 Å². The summed E-state index contributed by atoms with van der Waals surface area (Å²) in [5.41, 5.74) is 0.914. The first-order valence-corrected chi connectivity index (χ1v) is 5.66. The summed E-state index contributed by atoms with van der Waals surface area (Å²) in [7, 11) is 5.51. The van der Waals surface area contributed by atoms with Crippen LogP contribution >= 0.6 is 0 Å². The lowest BCUT2D eigenvalue weighted by Gasteiger charge is -2.18. The van der Waals surface area contributed by atoms with Gasteiger partial charge in [-0.3, -0.25) is 4.79 Å². The summed E-state index contributed by atoms with van der Waals surface area (Å²) >= 11 is 0. The fourth-order valence-electron chi connectivity index (χ4n) is 1.46. The molecule has 0 unspecified atom stereocenters. The van der Waals surface area contributed by atoms with Crippen molar-refractivity contribution >= 4 is 17.6 Å². The van der Waals surface area contributed by atoms with E-state index in [-0.39, 0.29) is 11.5 Å². The second-order valence-electron chi connectivity index (χ2n) is 4.36. The van der Waals surface area contributed by atoms with Gasteiger partial charge in [-0.15, -0.1) is 0 Å². The quantitative estimate of drug-likeness (QED) is 0.855. The van der Waals surface area contributed by atoms with E-state index in [0.717, 1.165) is 0 Å². The van der Waals surface area contributed by atoms with Crippen LogP contribution in [0.15, 0.2) is 24.3 Å². The largest absolute Gasteiger partial charge is 0.478 e. The van der Waals surface area contributed by atoms with Crippen LogP contribution in [-0.4, -0.2) is 49.6 Å². The normalized spacial score (nSPS) is 10.4. The van der Waals surface area contributed by atoms with Crippen molar-refractivity contribution in [3.8, 4) is 0 Å². The Labute approximate surface area is 107 Å². The lowest BCUT2D eigenvalue weighted by Crippen LogP contribution is -2.29. The highest BCUT2D eigenvalue weighted by Gasteiger charge is 2.11. The van der Waals surface area contributed by atoms with Gasteiger partial charge < -0.3 is 14.9 Å². The first-order chi connectivity index (χ1) is 8.41. The van der Waals surface area contributed by atoms with Gasteiger partial charge in [-0.1, -0.05) is 0 Å².